The SMILES string of the molecule is NCc1cccc(-c2cc(COc3ccccc3CC(O)O)c(F)c3ccoc23)c1. The minimum atomic E-state index is -1.49. The van der Waals surface area contributed by atoms with Gasteiger partial charge in [-0.3, -0.25) is 0 Å². The van der Waals surface area contributed by atoms with Crippen LogP contribution in [-0.4, -0.2) is 16.5 Å². The number of aliphatic hydroxyl groups is 2. The van der Waals surface area contributed by atoms with E-state index in [1.54, 1.807) is 36.4 Å². The van der Waals surface area contributed by atoms with Gasteiger partial charge < -0.3 is 25.1 Å². The number of para-hydroxylation sites is 1. The number of fused-ring (bicyclic) bond motifs is 1. The van der Waals surface area contributed by atoms with Gasteiger partial charge >= 0.3 is 0 Å². The summed E-state index contributed by atoms with van der Waals surface area (Å²) < 4.78 is 26.5. The van der Waals surface area contributed by atoms with Gasteiger partial charge in [0.1, 0.15) is 23.8 Å². The lowest BCUT2D eigenvalue weighted by atomic mass is 9.98. The van der Waals surface area contributed by atoms with Crippen LogP contribution < -0.4 is 10.5 Å². The molecule has 0 unspecified atom stereocenters. The quantitative estimate of drug-likeness (QED) is 0.401. The highest BCUT2D eigenvalue weighted by atomic mass is 19.1. The molecule has 0 spiro atoms. The molecule has 6 heteroatoms. The average Bonchev–Trinajstić information content (AvgIpc) is 3.24. The Bertz CT molecular complexity index is 1170. The van der Waals surface area contributed by atoms with Gasteiger partial charge in [0.2, 0.25) is 0 Å². The molecular weight excluding hydrogens is 385 g/mol. The first-order valence-corrected chi connectivity index (χ1v) is 9.61. The fourth-order valence-electron chi connectivity index (χ4n) is 3.52. The molecule has 1 heterocycles. The van der Waals surface area contributed by atoms with Gasteiger partial charge in [0, 0.05) is 24.1 Å². The number of furan rings is 1. The molecule has 0 aliphatic rings. The maximum absolute atomic E-state index is 15.1. The van der Waals surface area contributed by atoms with Gasteiger partial charge in [-0.25, -0.2) is 4.39 Å². The van der Waals surface area contributed by atoms with Crippen molar-refractivity contribution < 1.29 is 23.8 Å². The molecule has 0 saturated carbocycles. The normalized spacial score (nSPS) is 11.4. The van der Waals surface area contributed by atoms with E-state index in [-0.39, 0.29) is 13.0 Å². The van der Waals surface area contributed by atoms with Crippen molar-refractivity contribution in [3.05, 3.63) is 89.4 Å². The Morgan fingerprint density at radius 2 is 1.83 bits per heavy atom. The maximum Gasteiger partial charge on any atom is 0.155 e. The zero-order valence-corrected chi connectivity index (χ0v) is 16.2. The first-order valence-electron chi connectivity index (χ1n) is 9.61. The van der Waals surface area contributed by atoms with Gasteiger partial charge in [-0.05, 0) is 41.0 Å². The van der Waals surface area contributed by atoms with Gasteiger partial charge in [0.05, 0.1) is 11.6 Å². The fourth-order valence-corrected chi connectivity index (χ4v) is 3.52. The van der Waals surface area contributed by atoms with Crippen molar-refractivity contribution in [2.75, 3.05) is 0 Å². The van der Waals surface area contributed by atoms with Crippen molar-refractivity contribution in [1.29, 1.82) is 0 Å². The van der Waals surface area contributed by atoms with Crippen molar-refractivity contribution in [2.45, 2.75) is 25.9 Å². The third-order valence-corrected chi connectivity index (χ3v) is 4.98. The van der Waals surface area contributed by atoms with Crippen LogP contribution in [0.15, 0.2) is 71.3 Å². The monoisotopic (exact) mass is 407 g/mol. The minimum absolute atomic E-state index is 0.0188. The summed E-state index contributed by atoms with van der Waals surface area (Å²) in [5, 5.41) is 18.9. The van der Waals surface area contributed by atoms with E-state index in [1.807, 2.05) is 24.3 Å². The predicted molar refractivity (Wildman–Crippen MR) is 112 cm³/mol. The van der Waals surface area contributed by atoms with E-state index < -0.39 is 12.1 Å². The lowest BCUT2D eigenvalue weighted by molar-refractivity contribution is -0.0385. The van der Waals surface area contributed by atoms with Crippen molar-refractivity contribution in [3.63, 3.8) is 0 Å². The fraction of sp³-hybridized carbons (Fsp3) is 0.167. The number of halogens is 1. The van der Waals surface area contributed by atoms with Crippen LogP contribution in [0.25, 0.3) is 22.1 Å². The van der Waals surface area contributed by atoms with Crippen LogP contribution in [0.1, 0.15) is 16.7 Å². The second-order valence-corrected chi connectivity index (χ2v) is 7.05. The summed E-state index contributed by atoms with van der Waals surface area (Å²) in [5.74, 6) is 0.0705. The highest BCUT2D eigenvalue weighted by Crippen LogP contribution is 2.34. The molecule has 0 atom stereocenters. The molecule has 0 amide bonds. The van der Waals surface area contributed by atoms with E-state index in [9.17, 15) is 10.2 Å². The van der Waals surface area contributed by atoms with Crippen molar-refractivity contribution >= 4 is 11.0 Å². The summed E-state index contributed by atoms with van der Waals surface area (Å²) in [6, 6.07) is 18.1. The highest BCUT2D eigenvalue weighted by molar-refractivity contribution is 5.93. The molecule has 5 nitrogen and oxygen atoms in total. The molecule has 0 bridgehead atoms. The number of nitrogens with two attached hydrogens (primary N) is 1. The summed E-state index contributed by atoms with van der Waals surface area (Å²) in [6.07, 6.45) is -0.00132. The summed E-state index contributed by atoms with van der Waals surface area (Å²) in [5.41, 5.74) is 9.83. The molecular formula is C24H22FNO4. The standard InChI is InChI=1S/C24H22FNO4/c25-23-18(14-30-21-7-2-1-5-17(21)12-22(27)28)11-20(24-19(23)8-9-29-24)16-6-3-4-15(10-16)13-26/h1-11,22,27-28H,12-14,26H2. The molecule has 0 radical (unpaired) electrons. The van der Waals surface area contributed by atoms with E-state index in [0.717, 1.165) is 16.7 Å². The van der Waals surface area contributed by atoms with Crippen LogP contribution >= 0.6 is 0 Å². The van der Waals surface area contributed by atoms with E-state index in [0.29, 0.717) is 34.4 Å². The molecule has 0 saturated heterocycles. The van der Waals surface area contributed by atoms with Crippen molar-refractivity contribution in [2.24, 2.45) is 5.73 Å². The van der Waals surface area contributed by atoms with E-state index >= 15 is 4.39 Å². The molecule has 4 aromatic rings. The highest BCUT2D eigenvalue weighted by Gasteiger charge is 2.17. The number of rotatable bonds is 7. The van der Waals surface area contributed by atoms with E-state index in [4.69, 9.17) is 14.9 Å². The van der Waals surface area contributed by atoms with Crippen molar-refractivity contribution in [3.8, 4) is 16.9 Å². The first-order chi connectivity index (χ1) is 14.6. The molecule has 1 aromatic heterocycles. The van der Waals surface area contributed by atoms with Crippen LogP contribution in [0, 0.1) is 5.82 Å². The van der Waals surface area contributed by atoms with Gasteiger partial charge in [-0.15, -0.1) is 0 Å². The number of ether oxygens (including phenoxy) is 1. The van der Waals surface area contributed by atoms with Crippen molar-refractivity contribution in [1.82, 2.24) is 0 Å². The molecule has 0 aliphatic carbocycles. The van der Waals surface area contributed by atoms with Crippen LogP contribution in [0.5, 0.6) is 5.75 Å². The van der Waals surface area contributed by atoms with E-state index in [1.165, 1.54) is 6.26 Å². The van der Waals surface area contributed by atoms with Crippen LogP contribution in [0.2, 0.25) is 0 Å². The minimum Gasteiger partial charge on any atom is -0.489 e. The third kappa shape index (κ3) is 4.07. The Morgan fingerprint density at radius 1 is 1.00 bits per heavy atom. The summed E-state index contributed by atoms with van der Waals surface area (Å²) >= 11 is 0. The molecule has 4 rings (SSSR count). The summed E-state index contributed by atoms with van der Waals surface area (Å²) in [4.78, 5) is 0. The largest absolute Gasteiger partial charge is 0.489 e. The summed E-state index contributed by atoms with van der Waals surface area (Å²) in [6.45, 7) is 0.384. The summed E-state index contributed by atoms with van der Waals surface area (Å²) in [7, 11) is 0. The molecule has 0 fully saturated rings. The second kappa shape index (κ2) is 8.67. The molecule has 3 aromatic carbocycles. The number of hydrogen-bond acceptors (Lipinski definition) is 5. The second-order valence-electron chi connectivity index (χ2n) is 7.05. The zero-order chi connectivity index (χ0) is 21.1. The molecule has 4 N–H and O–H groups in total. The number of hydrogen-bond donors (Lipinski definition) is 3. The zero-order valence-electron chi connectivity index (χ0n) is 16.2. The lowest BCUT2D eigenvalue weighted by Crippen LogP contribution is -2.10. The van der Waals surface area contributed by atoms with Gasteiger partial charge in [0.15, 0.2) is 6.29 Å². The number of aliphatic hydroxyl groups excluding tert-OH is 1. The average molecular weight is 407 g/mol. The Balaban J connectivity index is 1.71. The Morgan fingerprint density at radius 3 is 2.63 bits per heavy atom. The Hall–Kier alpha value is -3.19. The predicted octanol–water partition coefficient (Wildman–Crippen LogP) is 4.13. The first kappa shape index (κ1) is 20.1. The van der Waals surface area contributed by atoms with Crippen LogP contribution in [0.4, 0.5) is 4.39 Å². The lowest BCUT2D eigenvalue weighted by Gasteiger charge is -2.14. The van der Waals surface area contributed by atoms with Gasteiger partial charge in [-0.2, -0.15) is 0 Å². The Labute approximate surface area is 173 Å². The molecule has 30 heavy (non-hydrogen) atoms. The smallest absolute Gasteiger partial charge is 0.155 e. The molecule has 0 aliphatic heterocycles. The van der Waals surface area contributed by atoms with Gasteiger partial charge in [-0.1, -0.05) is 36.4 Å². The van der Waals surface area contributed by atoms with Crippen LogP contribution in [0.3, 0.4) is 0 Å². The molecule has 154 valence electrons. The number of benzene rings is 3. The maximum atomic E-state index is 15.1. The Kier molecular flexibility index (Phi) is 5.81. The third-order valence-electron chi connectivity index (χ3n) is 4.98. The van der Waals surface area contributed by atoms with Gasteiger partial charge in [0.25, 0.3) is 0 Å². The topological polar surface area (TPSA) is 88.9 Å². The van der Waals surface area contributed by atoms with E-state index in [2.05, 4.69) is 0 Å². The van der Waals surface area contributed by atoms with Crippen LogP contribution in [-0.2, 0) is 19.6 Å².